The van der Waals surface area contributed by atoms with Crippen LogP contribution in [0.4, 0.5) is 11.4 Å². The molecule has 24 heavy (non-hydrogen) atoms. The zero-order valence-corrected chi connectivity index (χ0v) is 13.5. The Hall–Kier alpha value is -2.66. The number of anilines is 2. The standard InChI is InChI=1S/C19H20N2O3/c1-13(22)21-10-9-15-11-16(7-8-17(15)21)20-19(24)12-18(23)14-5-3-2-4-6-14/h2-8,11,18,23H,9-10,12H2,1H3,(H,20,24). The molecule has 1 unspecified atom stereocenters. The lowest BCUT2D eigenvalue weighted by atomic mass is 10.1. The highest BCUT2D eigenvalue weighted by Crippen LogP contribution is 2.30. The van der Waals surface area contributed by atoms with Gasteiger partial charge in [-0.25, -0.2) is 0 Å². The Morgan fingerprint density at radius 1 is 1.21 bits per heavy atom. The summed E-state index contributed by atoms with van der Waals surface area (Å²) >= 11 is 0. The van der Waals surface area contributed by atoms with Crippen molar-refractivity contribution in [3.05, 3.63) is 59.7 Å². The Kier molecular flexibility index (Phi) is 4.62. The molecule has 2 N–H and O–H groups in total. The van der Waals surface area contributed by atoms with Crippen LogP contribution in [0.5, 0.6) is 0 Å². The molecule has 0 spiro atoms. The van der Waals surface area contributed by atoms with Crippen LogP contribution in [0, 0.1) is 0 Å². The van der Waals surface area contributed by atoms with E-state index in [2.05, 4.69) is 5.32 Å². The van der Waals surface area contributed by atoms with Crippen molar-refractivity contribution in [3.63, 3.8) is 0 Å². The van der Waals surface area contributed by atoms with Gasteiger partial charge in [0.25, 0.3) is 0 Å². The van der Waals surface area contributed by atoms with Gasteiger partial charge in [0.1, 0.15) is 0 Å². The molecule has 0 saturated carbocycles. The molecule has 0 bridgehead atoms. The summed E-state index contributed by atoms with van der Waals surface area (Å²) in [5.41, 5.74) is 3.36. The monoisotopic (exact) mass is 324 g/mol. The van der Waals surface area contributed by atoms with Crippen LogP contribution < -0.4 is 10.2 Å². The number of aliphatic hydroxyl groups is 1. The van der Waals surface area contributed by atoms with E-state index in [1.165, 1.54) is 0 Å². The number of aliphatic hydroxyl groups excluding tert-OH is 1. The number of benzene rings is 2. The van der Waals surface area contributed by atoms with Crippen molar-refractivity contribution < 1.29 is 14.7 Å². The minimum Gasteiger partial charge on any atom is -0.388 e. The molecular formula is C19H20N2O3. The normalized spacial score (nSPS) is 14.2. The molecule has 5 nitrogen and oxygen atoms in total. The largest absolute Gasteiger partial charge is 0.388 e. The first kappa shape index (κ1) is 16.2. The van der Waals surface area contributed by atoms with Crippen LogP contribution in [0.15, 0.2) is 48.5 Å². The van der Waals surface area contributed by atoms with E-state index in [4.69, 9.17) is 0 Å². The van der Waals surface area contributed by atoms with Crippen molar-refractivity contribution in [2.45, 2.75) is 25.9 Å². The van der Waals surface area contributed by atoms with Gasteiger partial charge in [-0.05, 0) is 35.7 Å². The fourth-order valence-electron chi connectivity index (χ4n) is 2.99. The lowest BCUT2D eigenvalue weighted by molar-refractivity contribution is -0.118. The Morgan fingerprint density at radius 2 is 1.96 bits per heavy atom. The molecule has 1 aliphatic heterocycles. The van der Waals surface area contributed by atoms with Crippen molar-refractivity contribution in [2.24, 2.45) is 0 Å². The fourth-order valence-corrected chi connectivity index (χ4v) is 2.99. The Morgan fingerprint density at radius 3 is 2.67 bits per heavy atom. The van der Waals surface area contributed by atoms with E-state index >= 15 is 0 Å². The van der Waals surface area contributed by atoms with Gasteiger partial charge >= 0.3 is 0 Å². The van der Waals surface area contributed by atoms with E-state index in [0.717, 1.165) is 23.2 Å². The van der Waals surface area contributed by atoms with E-state index in [-0.39, 0.29) is 18.2 Å². The molecule has 1 aliphatic rings. The van der Waals surface area contributed by atoms with Crippen molar-refractivity contribution in [1.82, 2.24) is 0 Å². The maximum absolute atomic E-state index is 12.1. The van der Waals surface area contributed by atoms with E-state index in [1.807, 2.05) is 30.3 Å². The van der Waals surface area contributed by atoms with Crippen molar-refractivity contribution in [3.8, 4) is 0 Å². The van der Waals surface area contributed by atoms with Crippen LogP contribution in [-0.2, 0) is 16.0 Å². The first-order chi connectivity index (χ1) is 11.5. The summed E-state index contributed by atoms with van der Waals surface area (Å²) in [5, 5.41) is 12.9. The lowest BCUT2D eigenvalue weighted by Gasteiger charge is -2.15. The Labute approximate surface area is 140 Å². The van der Waals surface area contributed by atoms with Gasteiger partial charge < -0.3 is 15.3 Å². The zero-order chi connectivity index (χ0) is 17.1. The molecule has 1 atom stereocenters. The first-order valence-corrected chi connectivity index (χ1v) is 7.98. The first-order valence-electron chi connectivity index (χ1n) is 7.98. The van der Waals surface area contributed by atoms with Gasteiger partial charge in [-0.15, -0.1) is 0 Å². The molecular weight excluding hydrogens is 304 g/mol. The summed E-state index contributed by atoms with van der Waals surface area (Å²) in [7, 11) is 0. The van der Waals surface area contributed by atoms with Gasteiger partial charge in [0.2, 0.25) is 11.8 Å². The Balaban J connectivity index is 1.64. The zero-order valence-electron chi connectivity index (χ0n) is 13.5. The average Bonchev–Trinajstić information content (AvgIpc) is 2.99. The second-order valence-electron chi connectivity index (χ2n) is 5.94. The van der Waals surface area contributed by atoms with Crippen LogP contribution in [0.3, 0.4) is 0 Å². The summed E-state index contributed by atoms with van der Waals surface area (Å²) in [6, 6.07) is 14.7. The van der Waals surface area contributed by atoms with E-state index in [0.29, 0.717) is 12.2 Å². The summed E-state index contributed by atoms with van der Waals surface area (Å²) < 4.78 is 0. The van der Waals surface area contributed by atoms with Crippen molar-refractivity contribution >= 4 is 23.2 Å². The molecule has 0 radical (unpaired) electrons. The number of nitrogens with one attached hydrogen (secondary N) is 1. The third-order valence-corrected chi connectivity index (χ3v) is 4.20. The van der Waals surface area contributed by atoms with Crippen molar-refractivity contribution in [2.75, 3.05) is 16.8 Å². The summed E-state index contributed by atoms with van der Waals surface area (Å²) in [4.78, 5) is 25.4. The topological polar surface area (TPSA) is 69.6 Å². The van der Waals surface area contributed by atoms with Crippen LogP contribution in [-0.4, -0.2) is 23.5 Å². The van der Waals surface area contributed by atoms with Crippen LogP contribution in [0.1, 0.15) is 30.6 Å². The van der Waals surface area contributed by atoms with Crippen molar-refractivity contribution in [1.29, 1.82) is 0 Å². The molecule has 2 aromatic carbocycles. The number of carbonyl (C=O) groups is 2. The molecule has 0 saturated heterocycles. The SMILES string of the molecule is CC(=O)N1CCc2cc(NC(=O)CC(O)c3ccccc3)ccc21. The summed E-state index contributed by atoms with van der Waals surface area (Å²) in [6.07, 6.45) is -0.0415. The predicted octanol–water partition coefficient (Wildman–Crippen LogP) is 2.66. The molecule has 0 fully saturated rings. The van der Waals surface area contributed by atoms with E-state index in [9.17, 15) is 14.7 Å². The second-order valence-corrected chi connectivity index (χ2v) is 5.94. The van der Waals surface area contributed by atoms with Crippen LogP contribution in [0.25, 0.3) is 0 Å². The highest BCUT2D eigenvalue weighted by molar-refractivity contribution is 5.95. The molecule has 3 rings (SSSR count). The number of hydrogen-bond donors (Lipinski definition) is 2. The third-order valence-electron chi connectivity index (χ3n) is 4.20. The molecule has 2 aromatic rings. The molecule has 5 heteroatoms. The minimum absolute atomic E-state index is 0.000664. The number of carbonyl (C=O) groups excluding carboxylic acids is 2. The smallest absolute Gasteiger partial charge is 0.227 e. The highest BCUT2D eigenvalue weighted by atomic mass is 16.3. The third kappa shape index (κ3) is 3.46. The summed E-state index contributed by atoms with van der Waals surface area (Å²) in [6.45, 7) is 2.23. The molecule has 2 amide bonds. The molecule has 124 valence electrons. The van der Waals surface area contributed by atoms with Crippen LogP contribution in [0.2, 0.25) is 0 Å². The molecule has 0 aliphatic carbocycles. The van der Waals surface area contributed by atoms with E-state index in [1.54, 1.807) is 30.0 Å². The van der Waals surface area contributed by atoms with E-state index < -0.39 is 6.10 Å². The van der Waals surface area contributed by atoms with Crippen LogP contribution >= 0.6 is 0 Å². The molecule has 0 aromatic heterocycles. The minimum atomic E-state index is -0.825. The highest BCUT2D eigenvalue weighted by Gasteiger charge is 2.22. The number of fused-ring (bicyclic) bond motifs is 1. The number of hydrogen-bond acceptors (Lipinski definition) is 3. The average molecular weight is 324 g/mol. The van der Waals surface area contributed by atoms with Gasteiger partial charge in [0, 0.05) is 24.8 Å². The van der Waals surface area contributed by atoms with Gasteiger partial charge in [-0.2, -0.15) is 0 Å². The second kappa shape index (κ2) is 6.84. The Bertz CT molecular complexity index is 758. The van der Waals surface area contributed by atoms with Gasteiger partial charge in [-0.1, -0.05) is 30.3 Å². The molecule has 1 heterocycles. The maximum atomic E-state index is 12.1. The summed E-state index contributed by atoms with van der Waals surface area (Å²) in [5.74, 6) is -0.218. The van der Waals surface area contributed by atoms with Gasteiger partial charge in [0.05, 0.1) is 12.5 Å². The maximum Gasteiger partial charge on any atom is 0.227 e. The lowest BCUT2D eigenvalue weighted by Crippen LogP contribution is -2.25. The predicted molar refractivity (Wildman–Crippen MR) is 92.8 cm³/mol. The fraction of sp³-hybridized carbons (Fsp3) is 0.263. The van der Waals surface area contributed by atoms with Gasteiger partial charge in [-0.3, -0.25) is 9.59 Å². The number of nitrogens with zero attached hydrogens (tertiary/aromatic N) is 1. The number of rotatable bonds is 4. The number of amides is 2. The van der Waals surface area contributed by atoms with Gasteiger partial charge in [0.15, 0.2) is 0 Å². The quantitative estimate of drug-likeness (QED) is 0.908.